The van der Waals surface area contributed by atoms with Gasteiger partial charge < -0.3 is 5.32 Å². The summed E-state index contributed by atoms with van der Waals surface area (Å²) < 4.78 is 25.0. The van der Waals surface area contributed by atoms with E-state index in [0.29, 0.717) is 12.5 Å². The molecule has 0 bridgehead atoms. The van der Waals surface area contributed by atoms with Gasteiger partial charge in [-0.2, -0.15) is 0 Å². The lowest BCUT2D eigenvalue weighted by Gasteiger charge is -2.23. The molecule has 1 rings (SSSR count). The fourth-order valence-corrected chi connectivity index (χ4v) is 2.44. The number of hydrogen-bond donors (Lipinski definition) is 2. The maximum Gasteiger partial charge on any atom is 0.212 e. The number of benzene rings is 1. The third kappa shape index (κ3) is 4.76. The Labute approximate surface area is 110 Å². The van der Waals surface area contributed by atoms with Crippen LogP contribution in [0.1, 0.15) is 25.5 Å². The molecule has 0 radical (unpaired) electrons. The average molecular weight is 270 g/mol. The molecule has 0 spiro atoms. The van der Waals surface area contributed by atoms with E-state index in [2.05, 4.69) is 36.0 Å². The molecule has 0 saturated carbocycles. The van der Waals surface area contributed by atoms with Gasteiger partial charge in [0.1, 0.15) is 0 Å². The van der Waals surface area contributed by atoms with Crippen molar-refractivity contribution in [3.8, 4) is 0 Å². The fraction of sp³-hybridized carbons (Fsp3) is 0.538. The number of hydrogen-bond acceptors (Lipinski definition) is 3. The molecule has 0 aromatic heterocycles. The molecule has 0 fully saturated rings. The second kappa shape index (κ2) is 6.87. The van der Waals surface area contributed by atoms with E-state index in [1.807, 2.05) is 18.2 Å². The van der Waals surface area contributed by atoms with Crippen molar-refractivity contribution in [2.24, 2.45) is 5.92 Å². The molecular formula is C13H22N2O2S. The molecule has 18 heavy (non-hydrogen) atoms. The van der Waals surface area contributed by atoms with Gasteiger partial charge in [0, 0.05) is 12.6 Å². The Morgan fingerprint density at radius 3 is 2.28 bits per heavy atom. The van der Waals surface area contributed by atoms with Crippen LogP contribution in [0.25, 0.3) is 0 Å². The van der Waals surface area contributed by atoms with Crippen LogP contribution in [-0.4, -0.2) is 27.8 Å². The van der Waals surface area contributed by atoms with Crippen molar-refractivity contribution in [2.75, 3.05) is 19.3 Å². The molecule has 0 heterocycles. The molecule has 0 amide bonds. The van der Waals surface area contributed by atoms with E-state index in [4.69, 9.17) is 0 Å². The topological polar surface area (TPSA) is 58.2 Å². The van der Waals surface area contributed by atoms with E-state index in [1.54, 1.807) is 0 Å². The number of rotatable bonds is 7. The lowest BCUT2D eigenvalue weighted by atomic mass is 9.96. The summed E-state index contributed by atoms with van der Waals surface area (Å²) in [5, 5.41) is 3.31. The number of sulfonamides is 1. The number of nitrogens with one attached hydrogen (secondary N) is 2. The molecule has 0 aliphatic carbocycles. The van der Waals surface area contributed by atoms with Crippen molar-refractivity contribution >= 4 is 10.0 Å². The highest BCUT2D eigenvalue weighted by molar-refractivity contribution is 7.89. The summed E-state index contributed by atoms with van der Waals surface area (Å²) in [6.07, 6.45) is 0. The summed E-state index contributed by atoms with van der Waals surface area (Å²) in [5.41, 5.74) is 1.19. The Kier molecular flexibility index (Phi) is 5.78. The van der Waals surface area contributed by atoms with Crippen molar-refractivity contribution in [2.45, 2.75) is 19.9 Å². The zero-order valence-corrected chi connectivity index (χ0v) is 12.0. The Morgan fingerprint density at radius 1 is 1.17 bits per heavy atom. The van der Waals surface area contributed by atoms with E-state index >= 15 is 0 Å². The predicted octanol–water partition coefficient (Wildman–Crippen LogP) is 1.52. The molecule has 102 valence electrons. The predicted molar refractivity (Wildman–Crippen MR) is 74.9 cm³/mol. The van der Waals surface area contributed by atoms with Gasteiger partial charge in [-0.05, 0) is 18.5 Å². The molecule has 1 aromatic rings. The average Bonchev–Trinajstić information content (AvgIpc) is 2.35. The van der Waals surface area contributed by atoms with Gasteiger partial charge in [-0.15, -0.1) is 0 Å². The maximum atomic E-state index is 11.3. The van der Waals surface area contributed by atoms with Gasteiger partial charge in [0.2, 0.25) is 10.0 Å². The quantitative estimate of drug-likeness (QED) is 0.790. The second-order valence-electron chi connectivity index (χ2n) is 4.61. The van der Waals surface area contributed by atoms with Gasteiger partial charge in [0.25, 0.3) is 0 Å². The smallest absolute Gasteiger partial charge is 0.212 e. The summed E-state index contributed by atoms with van der Waals surface area (Å²) in [4.78, 5) is 0. The molecule has 2 N–H and O–H groups in total. The first kappa shape index (κ1) is 15.1. The summed E-state index contributed by atoms with van der Waals surface area (Å²) in [5.74, 6) is 0.504. The van der Waals surface area contributed by atoms with Gasteiger partial charge in [-0.3, -0.25) is 0 Å². The monoisotopic (exact) mass is 270 g/mol. The molecular weight excluding hydrogens is 248 g/mol. The van der Waals surface area contributed by atoms with Crippen molar-refractivity contribution in [3.63, 3.8) is 0 Å². The fourth-order valence-electron chi connectivity index (χ4n) is 1.85. The zero-order chi connectivity index (χ0) is 13.6. The van der Waals surface area contributed by atoms with Gasteiger partial charge in [-0.1, -0.05) is 44.2 Å². The van der Waals surface area contributed by atoms with E-state index < -0.39 is 10.0 Å². The highest BCUT2D eigenvalue weighted by Crippen LogP contribution is 2.20. The molecule has 5 heteroatoms. The van der Waals surface area contributed by atoms with Crippen LogP contribution < -0.4 is 10.0 Å². The van der Waals surface area contributed by atoms with Crippen LogP contribution in [0.4, 0.5) is 0 Å². The third-order valence-corrected chi connectivity index (χ3v) is 4.23. The Morgan fingerprint density at radius 2 is 1.78 bits per heavy atom. The Hall–Kier alpha value is -0.910. The summed E-state index contributed by atoms with van der Waals surface area (Å²) in [7, 11) is -1.70. The van der Waals surface area contributed by atoms with Crippen molar-refractivity contribution < 1.29 is 8.42 Å². The van der Waals surface area contributed by atoms with Crippen molar-refractivity contribution in [1.82, 2.24) is 10.0 Å². The molecule has 0 saturated heterocycles. The minimum Gasteiger partial charge on any atom is -0.309 e. The lowest BCUT2D eigenvalue weighted by Crippen LogP contribution is -2.33. The first-order chi connectivity index (χ1) is 8.46. The molecule has 0 aliphatic heterocycles. The minimum absolute atomic E-state index is 0.0968. The molecule has 1 atom stereocenters. The first-order valence-corrected chi connectivity index (χ1v) is 7.81. The molecule has 1 aromatic carbocycles. The SMILES string of the molecule is CNS(=O)(=O)CCNC(c1ccccc1)C(C)C. The van der Waals surface area contributed by atoms with Gasteiger partial charge in [-0.25, -0.2) is 13.1 Å². The first-order valence-electron chi connectivity index (χ1n) is 6.16. The van der Waals surface area contributed by atoms with Crippen LogP contribution in [-0.2, 0) is 10.0 Å². The van der Waals surface area contributed by atoms with Crippen LogP contribution in [0.5, 0.6) is 0 Å². The highest BCUT2D eigenvalue weighted by Gasteiger charge is 2.16. The largest absolute Gasteiger partial charge is 0.309 e. The zero-order valence-electron chi connectivity index (χ0n) is 11.2. The van der Waals surface area contributed by atoms with E-state index in [0.717, 1.165) is 0 Å². The minimum atomic E-state index is -3.14. The highest BCUT2D eigenvalue weighted by atomic mass is 32.2. The molecule has 4 nitrogen and oxygen atoms in total. The van der Waals surface area contributed by atoms with Crippen LogP contribution in [0.3, 0.4) is 0 Å². The van der Waals surface area contributed by atoms with Crippen molar-refractivity contribution in [1.29, 1.82) is 0 Å². The summed E-state index contributed by atoms with van der Waals surface area (Å²) in [6, 6.07) is 10.3. The van der Waals surface area contributed by atoms with E-state index in [9.17, 15) is 8.42 Å². The maximum absolute atomic E-state index is 11.3. The summed E-state index contributed by atoms with van der Waals surface area (Å²) in [6.45, 7) is 4.69. The van der Waals surface area contributed by atoms with Crippen molar-refractivity contribution in [3.05, 3.63) is 35.9 Å². The van der Waals surface area contributed by atoms with Crippen LogP contribution in [0.2, 0.25) is 0 Å². The lowest BCUT2D eigenvalue weighted by molar-refractivity contribution is 0.421. The summed E-state index contributed by atoms with van der Waals surface area (Å²) >= 11 is 0. The molecule has 1 unspecified atom stereocenters. The van der Waals surface area contributed by atoms with Crippen LogP contribution >= 0.6 is 0 Å². The normalized spacial score (nSPS) is 13.8. The van der Waals surface area contributed by atoms with Gasteiger partial charge in [0.05, 0.1) is 5.75 Å². The Balaban J connectivity index is 2.61. The second-order valence-corrected chi connectivity index (χ2v) is 6.66. The molecule has 0 aliphatic rings. The third-order valence-electron chi connectivity index (χ3n) is 2.87. The van der Waals surface area contributed by atoms with E-state index in [1.165, 1.54) is 12.6 Å². The standard InChI is InChI=1S/C13H22N2O2S/c1-11(2)13(12-7-5-4-6-8-12)15-9-10-18(16,17)14-3/h4-8,11,13-15H,9-10H2,1-3H3. The van der Waals surface area contributed by atoms with Gasteiger partial charge in [0.15, 0.2) is 0 Å². The van der Waals surface area contributed by atoms with E-state index in [-0.39, 0.29) is 11.8 Å². The van der Waals surface area contributed by atoms with Crippen LogP contribution in [0, 0.1) is 5.92 Å². The van der Waals surface area contributed by atoms with Gasteiger partial charge >= 0.3 is 0 Å². The Bertz CT molecular complexity index is 443. The van der Waals surface area contributed by atoms with Crippen LogP contribution in [0.15, 0.2) is 30.3 Å².